The zero-order chi connectivity index (χ0) is 19.6. The molecule has 1 saturated heterocycles. The molecule has 1 spiro atoms. The number of methoxy groups -OCH3 is 1. The van der Waals surface area contributed by atoms with Crippen LogP contribution in [0.1, 0.15) is 27.2 Å². The average Bonchev–Trinajstić information content (AvgIpc) is 3.14. The first-order valence-electron chi connectivity index (χ1n) is 10.1. The number of aromatic amines is 1. The molecule has 6 nitrogen and oxygen atoms in total. The quantitative estimate of drug-likeness (QED) is 0.632. The highest BCUT2D eigenvalue weighted by Crippen LogP contribution is 2.43. The number of hydrogen-bond donors (Lipinski definition) is 3. The van der Waals surface area contributed by atoms with E-state index in [4.69, 9.17) is 9.72 Å². The van der Waals surface area contributed by atoms with Crippen LogP contribution in [0.2, 0.25) is 0 Å². The van der Waals surface area contributed by atoms with Gasteiger partial charge in [0.05, 0.1) is 29.5 Å². The highest BCUT2D eigenvalue weighted by molar-refractivity contribution is 6.01. The van der Waals surface area contributed by atoms with Gasteiger partial charge in [-0.15, -0.1) is 0 Å². The maximum atomic E-state index is 12.7. The SMILES string of the molecule is COc1ccc(-c2cc3c(cn2)CCc2c-3[nH]c3c2C(=O)NCC32CNC2)cc1. The number of aryl methyl sites for hydroxylation is 1. The molecule has 3 N–H and O–H groups in total. The summed E-state index contributed by atoms with van der Waals surface area (Å²) in [4.78, 5) is 21.1. The van der Waals surface area contributed by atoms with Crippen LogP contribution in [0.4, 0.5) is 0 Å². The fraction of sp³-hybridized carbons (Fsp3) is 0.304. The van der Waals surface area contributed by atoms with Gasteiger partial charge in [-0.1, -0.05) is 0 Å². The number of hydrogen-bond acceptors (Lipinski definition) is 4. The summed E-state index contributed by atoms with van der Waals surface area (Å²) >= 11 is 0. The molecule has 1 fully saturated rings. The Morgan fingerprint density at radius 3 is 2.66 bits per heavy atom. The molecule has 0 bridgehead atoms. The topological polar surface area (TPSA) is 79.0 Å². The number of aromatic nitrogens is 2. The van der Waals surface area contributed by atoms with Gasteiger partial charge in [0.1, 0.15) is 5.75 Å². The summed E-state index contributed by atoms with van der Waals surface area (Å²) < 4.78 is 5.27. The van der Waals surface area contributed by atoms with Crippen LogP contribution >= 0.6 is 0 Å². The van der Waals surface area contributed by atoms with E-state index in [2.05, 4.69) is 21.7 Å². The molecule has 2 aromatic heterocycles. The van der Waals surface area contributed by atoms with Gasteiger partial charge < -0.3 is 20.4 Å². The van der Waals surface area contributed by atoms with Crippen molar-refractivity contribution < 1.29 is 9.53 Å². The fourth-order valence-electron chi connectivity index (χ4n) is 4.92. The lowest BCUT2D eigenvalue weighted by Gasteiger charge is -2.45. The van der Waals surface area contributed by atoms with Crippen molar-refractivity contribution in [2.45, 2.75) is 18.3 Å². The number of pyridine rings is 1. The molecule has 3 aliphatic rings. The summed E-state index contributed by atoms with van der Waals surface area (Å²) in [6.07, 6.45) is 3.76. The van der Waals surface area contributed by atoms with E-state index < -0.39 is 0 Å². The monoisotopic (exact) mass is 386 g/mol. The Morgan fingerprint density at radius 2 is 1.93 bits per heavy atom. The van der Waals surface area contributed by atoms with E-state index in [0.29, 0.717) is 6.54 Å². The Morgan fingerprint density at radius 1 is 1.10 bits per heavy atom. The third kappa shape index (κ3) is 2.32. The van der Waals surface area contributed by atoms with Crippen LogP contribution in [0.5, 0.6) is 5.75 Å². The van der Waals surface area contributed by atoms with Crippen molar-refractivity contribution in [3.63, 3.8) is 0 Å². The van der Waals surface area contributed by atoms with E-state index in [-0.39, 0.29) is 11.3 Å². The van der Waals surface area contributed by atoms with Crippen LogP contribution in [0.25, 0.3) is 22.5 Å². The van der Waals surface area contributed by atoms with Crippen molar-refractivity contribution in [3.8, 4) is 28.3 Å². The third-order valence-electron chi connectivity index (χ3n) is 6.66. The summed E-state index contributed by atoms with van der Waals surface area (Å²) in [5, 5.41) is 6.49. The second kappa shape index (κ2) is 5.94. The van der Waals surface area contributed by atoms with Gasteiger partial charge in [-0.3, -0.25) is 9.78 Å². The molecule has 2 aliphatic heterocycles. The maximum Gasteiger partial charge on any atom is 0.253 e. The highest BCUT2D eigenvalue weighted by atomic mass is 16.5. The van der Waals surface area contributed by atoms with Crippen molar-refractivity contribution in [1.82, 2.24) is 20.6 Å². The van der Waals surface area contributed by atoms with Gasteiger partial charge in [0.25, 0.3) is 5.91 Å². The first kappa shape index (κ1) is 16.8. The smallest absolute Gasteiger partial charge is 0.253 e. The molecule has 6 rings (SSSR count). The minimum atomic E-state index is 0.00654. The van der Waals surface area contributed by atoms with E-state index in [1.54, 1.807) is 7.11 Å². The van der Waals surface area contributed by atoms with Crippen molar-refractivity contribution in [2.75, 3.05) is 26.7 Å². The van der Waals surface area contributed by atoms with Crippen LogP contribution in [0.3, 0.4) is 0 Å². The number of fused-ring (bicyclic) bond motifs is 6. The standard InChI is InChI=1S/C23H22N4O2/c1-29-15-5-2-13(3-6-15)18-8-17-14(9-25-18)4-7-16-19-21(27-20(16)17)23(10-24-11-23)12-26-22(19)28/h2-3,5-6,8-9,24,27H,4,7,10-12H2,1H3,(H,26,28). The molecule has 1 amide bonds. The normalized spacial score (nSPS) is 18.3. The van der Waals surface area contributed by atoms with Crippen molar-refractivity contribution >= 4 is 5.91 Å². The lowest BCUT2D eigenvalue weighted by Crippen LogP contribution is -2.64. The highest BCUT2D eigenvalue weighted by Gasteiger charge is 2.47. The number of nitrogens with zero attached hydrogens (tertiary/aromatic N) is 1. The molecule has 4 heterocycles. The molecular formula is C23H22N4O2. The lowest BCUT2D eigenvalue weighted by atomic mass is 9.74. The molecule has 3 aromatic rings. The number of nitrogens with one attached hydrogen (secondary N) is 3. The summed E-state index contributed by atoms with van der Waals surface area (Å²) in [6, 6.07) is 10.1. The van der Waals surface area contributed by atoms with Gasteiger partial charge in [-0.05, 0) is 54.3 Å². The van der Waals surface area contributed by atoms with E-state index in [0.717, 1.165) is 71.0 Å². The zero-order valence-corrected chi connectivity index (χ0v) is 16.3. The molecule has 0 unspecified atom stereocenters. The maximum absolute atomic E-state index is 12.7. The summed E-state index contributed by atoms with van der Waals surface area (Å²) in [5.41, 5.74) is 8.62. The zero-order valence-electron chi connectivity index (χ0n) is 16.3. The Kier molecular flexibility index (Phi) is 3.44. The fourth-order valence-corrected chi connectivity index (χ4v) is 4.92. The Bertz CT molecular complexity index is 1140. The predicted molar refractivity (Wildman–Crippen MR) is 110 cm³/mol. The largest absolute Gasteiger partial charge is 0.497 e. The number of rotatable bonds is 2. The first-order chi connectivity index (χ1) is 14.2. The first-order valence-corrected chi connectivity index (χ1v) is 10.1. The van der Waals surface area contributed by atoms with E-state index in [1.807, 2.05) is 30.5 Å². The van der Waals surface area contributed by atoms with Gasteiger partial charge in [-0.25, -0.2) is 0 Å². The predicted octanol–water partition coefficient (Wildman–Crippen LogP) is 2.44. The molecule has 0 atom stereocenters. The lowest BCUT2D eigenvalue weighted by molar-refractivity contribution is 0.0905. The van der Waals surface area contributed by atoms with Gasteiger partial charge in [0.15, 0.2) is 0 Å². The molecule has 1 aromatic carbocycles. The van der Waals surface area contributed by atoms with E-state index >= 15 is 0 Å². The minimum Gasteiger partial charge on any atom is -0.497 e. The molecule has 29 heavy (non-hydrogen) atoms. The summed E-state index contributed by atoms with van der Waals surface area (Å²) in [5.74, 6) is 0.888. The Labute approximate surface area is 168 Å². The number of carbonyl (C=O) groups excluding carboxylic acids is 1. The van der Waals surface area contributed by atoms with Crippen molar-refractivity contribution in [1.29, 1.82) is 0 Å². The van der Waals surface area contributed by atoms with Gasteiger partial charge >= 0.3 is 0 Å². The number of carbonyl (C=O) groups is 1. The van der Waals surface area contributed by atoms with Crippen LogP contribution in [0.15, 0.2) is 36.5 Å². The minimum absolute atomic E-state index is 0.00654. The van der Waals surface area contributed by atoms with Gasteiger partial charge in [-0.2, -0.15) is 0 Å². The van der Waals surface area contributed by atoms with E-state index in [9.17, 15) is 4.79 Å². The molecule has 0 saturated carbocycles. The number of H-pyrrole nitrogens is 1. The Balaban J connectivity index is 1.49. The molecular weight excluding hydrogens is 364 g/mol. The second-order valence-corrected chi connectivity index (χ2v) is 8.25. The molecule has 6 heteroatoms. The van der Waals surface area contributed by atoms with Gasteiger partial charge in [0.2, 0.25) is 0 Å². The molecule has 0 radical (unpaired) electrons. The third-order valence-corrected chi connectivity index (χ3v) is 6.66. The second-order valence-electron chi connectivity index (χ2n) is 8.25. The Hall–Kier alpha value is -3.12. The van der Waals surface area contributed by atoms with E-state index in [1.165, 1.54) is 5.56 Å². The molecule has 146 valence electrons. The van der Waals surface area contributed by atoms with Crippen LogP contribution in [-0.2, 0) is 18.3 Å². The van der Waals surface area contributed by atoms with Crippen LogP contribution < -0.4 is 15.4 Å². The number of amides is 1. The van der Waals surface area contributed by atoms with Gasteiger partial charge in [0, 0.05) is 42.7 Å². The molecule has 1 aliphatic carbocycles. The summed E-state index contributed by atoms with van der Waals surface area (Å²) in [7, 11) is 1.67. The number of ether oxygens (including phenoxy) is 1. The average molecular weight is 386 g/mol. The van der Waals surface area contributed by atoms with Crippen molar-refractivity contribution in [3.05, 3.63) is 58.9 Å². The van der Waals surface area contributed by atoms with Crippen LogP contribution in [-0.4, -0.2) is 42.6 Å². The number of benzene rings is 1. The van der Waals surface area contributed by atoms with Crippen LogP contribution in [0, 0.1) is 0 Å². The van der Waals surface area contributed by atoms with Crippen molar-refractivity contribution in [2.24, 2.45) is 0 Å². The summed E-state index contributed by atoms with van der Waals surface area (Å²) in [6.45, 7) is 2.51.